The molecule has 0 radical (unpaired) electrons. The van der Waals surface area contributed by atoms with Crippen LogP contribution in [-0.2, 0) is 19.4 Å². The summed E-state index contributed by atoms with van der Waals surface area (Å²) in [7, 11) is 1.70. The number of fused-ring (bicyclic) bond motifs is 1. The molecular weight excluding hydrogens is 368 g/mol. The fraction of sp³-hybridized carbons (Fsp3) is 0.409. The molecule has 0 amide bonds. The lowest BCUT2D eigenvalue weighted by atomic mass is 10.0. The topological polar surface area (TPSA) is 51.1 Å². The van der Waals surface area contributed by atoms with Gasteiger partial charge in [-0.15, -0.1) is 11.3 Å². The number of methoxy groups -OCH3 is 1. The van der Waals surface area contributed by atoms with Gasteiger partial charge in [-0.1, -0.05) is 0 Å². The molecular formula is C22H24N4OS. The van der Waals surface area contributed by atoms with Gasteiger partial charge >= 0.3 is 0 Å². The standard InChI is InChI=1S/C22H24N4OS/c1-27-17-6-4-15(5-7-17)21-19-8-10-26(13-18-12-23-14-28-18)11-9-20(19)24-22(25-21)16-2-3-16/h4-7,12,14,16H,2-3,8-11,13H2,1H3. The Hall–Kier alpha value is -2.31. The molecule has 3 aromatic rings. The van der Waals surface area contributed by atoms with E-state index < -0.39 is 0 Å². The monoisotopic (exact) mass is 392 g/mol. The highest BCUT2D eigenvalue weighted by Crippen LogP contribution is 2.40. The number of thiazole rings is 1. The van der Waals surface area contributed by atoms with Gasteiger partial charge < -0.3 is 4.74 Å². The van der Waals surface area contributed by atoms with Crippen molar-refractivity contribution in [2.45, 2.75) is 38.1 Å². The van der Waals surface area contributed by atoms with Gasteiger partial charge in [0.1, 0.15) is 11.6 Å². The summed E-state index contributed by atoms with van der Waals surface area (Å²) in [5.74, 6) is 2.47. The summed E-state index contributed by atoms with van der Waals surface area (Å²) in [6, 6.07) is 8.29. The summed E-state index contributed by atoms with van der Waals surface area (Å²) in [4.78, 5) is 18.1. The van der Waals surface area contributed by atoms with Gasteiger partial charge in [-0.25, -0.2) is 9.97 Å². The SMILES string of the molecule is COc1ccc(-c2nc(C3CC3)nc3c2CCN(Cc2cncs2)CC3)cc1. The molecule has 0 unspecified atom stereocenters. The van der Waals surface area contributed by atoms with Crippen molar-refractivity contribution in [1.29, 1.82) is 0 Å². The second-order valence-corrected chi connectivity index (χ2v) is 8.57. The average molecular weight is 393 g/mol. The van der Waals surface area contributed by atoms with Crippen LogP contribution >= 0.6 is 11.3 Å². The van der Waals surface area contributed by atoms with Crippen LogP contribution in [0.15, 0.2) is 36.0 Å². The van der Waals surface area contributed by atoms with E-state index in [0.717, 1.165) is 55.3 Å². The Kier molecular flexibility index (Phi) is 4.82. The summed E-state index contributed by atoms with van der Waals surface area (Å²) < 4.78 is 5.33. The van der Waals surface area contributed by atoms with Crippen LogP contribution in [0.25, 0.3) is 11.3 Å². The largest absolute Gasteiger partial charge is 0.497 e. The number of nitrogens with zero attached hydrogens (tertiary/aromatic N) is 4. The molecule has 1 aliphatic heterocycles. The molecule has 5 nitrogen and oxygen atoms in total. The summed E-state index contributed by atoms with van der Waals surface area (Å²) in [6.07, 6.45) is 6.40. The molecule has 0 bridgehead atoms. The zero-order valence-corrected chi connectivity index (χ0v) is 16.9. The van der Waals surface area contributed by atoms with Gasteiger partial charge in [-0.05, 0) is 43.5 Å². The number of aromatic nitrogens is 3. The number of hydrogen-bond donors (Lipinski definition) is 0. The van der Waals surface area contributed by atoms with Crippen LogP contribution in [-0.4, -0.2) is 40.1 Å². The Bertz CT molecular complexity index is 951. The fourth-order valence-corrected chi connectivity index (χ4v) is 4.51. The summed E-state index contributed by atoms with van der Waals surface area (Å²) in [6.45, 7) is 3.04. The van der Waals surface area contributed by atoms with E-state index >= 15 is 0 Å². The lowest BCUT2D eigenvalue weighted by Crippen LogP contribution is -2.25. The van der Waals surface area contributed by atoms with Crippen molar-refractivity contribution in [3.63, 3.8) is 0 Å². The molecule has 3 heterocycles. The molecule has 1 aromatic carbocycles. The van der Waals surface area contributed by atoms with Crippen molar-refractivity contribution in [3.8, 4) is 17.0 Å². The van der Waals surface area contributed by atoms with Gasteiger partial charge in [0.25, 0.3) is 0 Å². The summed E-state index contributed by atoms with van der Waals surface area (Å²) in [5, 5.41) is 0. The van der Waals surface area contributed by atoms with Gasteiger partial charge in [-0.3, -0.25) is 9.88 Å². The minimum Gasteiger partial charge on any atom is -0.497 e. The molecule has 1 aliphatic carbocycles. The second-order valence-electron chi connectivity index (χ2n) is 7.60. The van der Waals surface area contributed by atoms with Crippen LogP contribution in [0.5, 0.6) is 5.75 Å². The predicted octanol–water partition coefficient (Wildman–Crippen LogP) is 4.09. The summed E-state index contributed by atoms with van der Waals surface area (Å²) in [5.41, 5.74) is 6.76. The van der Waals surface area contributed by atoms with Gasteiger partial charge in [0.15, 0.2) is 0 Å². The Balaban J connectivity index is 1.47. The average Bonchev–Trinajstić information content (AvgIpc) is 3.50. The van der Waals surface area contributed by atoms with Crippen LogP contribution in [0.1, 0.15) is 40.7 Å². The Morgan fingerprint density at radius 1 is 1.11 bits per heavy atom. The third-order valence-corrected chi connectivity index (χ3v) is 6.39. The smallest absolute Gasteiger partial charge is 0.132 e. The molecule has 2 aliphatic rings. The van der Waals surface area contributed by atoms with Crippen LogP contribution in [0.2, 0.25) is 0 Å². The minimum absolute atomic E-state index is 0.554. The van der Waals surface area contributed by atoms with Crippen LogP contribution in [0, 0.1) is 0 Å². The molecule has 1 fully saturated rings. The first-order valence-corrected chi connectivity index (χ1v) is 10.8. The highest BCUT2D eigenvalue weighted by atomic mass is 32.1. The van der Waals surface area contributed by atoms with E-state index in [1.165, 1.54) is 29.0 Å². The molecule has 28 heavy (non-hydrogen) atoms. The molecule has 0 saturated heterocycles. The Morgan fingerprint density at radius 3 is 2.64 bits per heavy atom. The number of hydrogen-bond acceptors (Lipinski definition) is 6. The van der Waals surface area contributed by atoms with Gasteiger partial charge in [-0.2, -0.15) is 0 Å². The second kappa shape index (κ2) is 7.60. The van der Waals surface area contributed by atoms with Crippen molar-refractivity contribution >= 4 is 11.3 Å². The van der Waals surface area contributed by atoms with E-state index in [2.05, 4.69) is 22.0 Å². The van der Waals surface area contributed by atoms with Gasteiger partial charge in [0.05, 0.1) is 18.3 Å². The highest BCUT2D eigenvalue weighted by molar-refractivity contribution is 7.09. The highest BCUT2D eigenvalue weighted by Gasteiger charge is 2.29. The molecule has 2 aromatic heterocycles. The maximum absolute atomic E-state index is 5.33. The number of benzene rings is 1. The fourth-order valence-electron chi connectivity index (χ4n) is 3.88. The van der Waals surface area contributed by atoms with Gasteiger partial charge in [0, 0.05) is 59.9 Å². The van der Waals surface area contributed by atoms with E-state index in [9.17, 15) is 0 Å². The van der Waals surface area contributed by atoms with Crippen molar-refractivity contribution < 1.29 is 4.74 Å². The van der Waals surface area contributed by atoms with Crippen LogP contribution in [0.3, 0.4) is 0 Å². The van der Waals surface area contributed by atoms with Crippen LogP contribution < -0.4 is 4.74 Å². The Morgan fingerprint density at radius 2 is 1.93 bits per heavy atom. The molecule has 144 valence electrons. The van der Waals surface area contributed by atoms with Crippen molar-refractivity contribution in [2.24, 2.45) is 0 Å². The van der Waals surface area contributed by atoms with E-state index in [0.29, 0.717) is 5.92 Å². The van der Waals surface area contributed by atoms with Crippen molar-refractivity contribution in [3.05, 3.63) is 57.9 Å². The molecule has 6 heteroatoms. The third-order valence-electron chi connectivity index (χ3n) is 5.62. The summed E-state index contributed by atoms with van der Waals surface area (Å²) >= 11 is 1.73. The quantitative estimate of drug-likeness (QED) is 0.655. The maximum atomic E-state index is 5.33. The zero-order valence-electron chi connectivity index (χ0n) is 16.1. The number of ether oxygens (including phenoxy) is 1. The van der Waals surface area contributed by atoms with Crippen molar-refractivity contribution in [2.75, 3.05) is 20.2 Å². The lowest BCUT2D eigenvalue weighted by molar-refractivity contribution is 0.281. The van der Waals surface area contributed by atoms with E-state index in [4.69, 9.17) is 14.7 Å². The first kappa shape index (κ1) is 17.8. The first-order chi connectivity index (χ1) is 13.8. The maximum Gasteiger partial charge on any atom is 0.132 e. The van der Waals surface area contributed by atoms with E-state index in [1.807, 2.05) is 23.8 Å². The van der Waals surface area contributed by atoms with Crippen LogP contribution in [0.4, 0.5) is 0 Å². The Labute approximate surface area is 169 Å². The van der Waals surface area contributed by atoms with Gasteiger partial charge in [0.2, 0.25) is 0 Å². The molecule has 0 spiro atoms. The molecule has 5 rings (SSSR count). The van der Waals surface area contributed by atoms with E-state index in [1.54, 1.807) is 18.4 Å². The number of rotatable bonds is 5. The van der Waals surface area contributed by atoms with Crippen molar-refractivity contribution in [1.82, 2.24) is 19.9 Å². The molecule has 1 saturated carbocycles. The lowest BCUT2D eigenvalue weighted by Gasteiger charge is -2.18. The predicted molar refractivity (Wildman–Crippen MR) is 111 cm³/mol. The third kappa shape index (κ3) is 3.66. The molecule has 0 N–H and O–H groups in total. The zero-order chi connectivity index (χ0) is 18.9. The normalized spacial score (nSPS) is 17.2. The minimum atomic E-state index is 0.554. The first-order valence-electron chi connectivity index (χ1n) is 9.94. The molecule has 0 atom stereocenters. The van der Waals surface area contributed by atoms with E-state index in [-0.39, 0.29) is 0 Å².